The standard InChI is InChI=1S/C22H28ClN3O5S/c1-12(2)18(14-5-7-15(23)8-6-14)25-11-16(27)26-21-17(22(29)31-10-9-30-4)13(3)19(32-21)20(24)28/h5-8,12,18,25H,9-11H2,1-4H3,(H2,24,28)(H,26,27). The average molecular weight is 482 g/mol. The molecule has 174 valence electrons. The lowest BCUT2D eigenvalue weighted by Crippen LogP contribution is -2.33. The van der Waals surface area contributed by atoms with E-state index in [9.17, 15) is 14.4 Å². The first-order chi connectivity index (χ1) is 15.1. The molecule has 1 atom stereocenters. The zero-order valence-electron chi connectivity index (χ0n) is 18.5. The van der Waals surface area contributed by atoms with Crippen LogP contribution in [0.25, 0.3) is 0 Å². The molecule has 0 spiro atoms. The number of ether oxygens (including phenoxy) is 2. The van der Waals surface area contributed by atoms with Crippen molar-refractivity contribution in [2.75, 3.05) is 32.2 Å². The van der Waals surface area contributed by atoms with Gasteiger partial charge < -0.3 is 25.8 Å². The number of carbonyl (C=O) groups is 3. The van der Waals surface area contributed by atoms with E-state index in [0.717, 1.165) is 16.9 Å². The number of nitrogens with one attached hydrogen (secondary N) is 2. The molecule has 0 aliphatic rings. The van der Waals surface area contributed by atoms with Crippen molar-refractivity contribution < 1.29 is 23.9 Å². The summed E-state index contributed by atoms with van der Waals surface area (Å²) in [5.41, 5.74) is 6.91. The smallest absolute Gasteiger partial charge is 0.341 e. The van der Waals surface area contributed by atoms with Crippen molar-refractivity contribution in [1.82, 2.24) is 5.32 Å². The second kappa shape index (κ2) is 12.0. The third kappa shape index (κ3) is 6.77. The molecular weight excluding hydrogens is 454 g/mol. The van der Waals surface area contributed by atoms with Crippen molar-refractivity contribution in [2.24, 2.45) is 11.7 Å². The minimum absolute atomic E-state index is 0.00745. The summed E-state index contributed by atoms with van der Waals surface area (Å²) in [6.45, 7) is 5.94. The summed E-state index contributed by atoms with van der Waals surface area (Å²) >= 11 is 6.92. The van der Waals surface area contributed by atoms with E-state index < -0.39 is 11.9 Å². The van der Waals surface area contributed by atoms with Gasteiger partial charge in [-0.3, -0.25) is 9.59 Å². The number of benzene rings is 1. The van der Waals surface area contributed by atoms with Crippen LogP contribution in [0.3, 0.4) is 0 Å². The number of amides is 2. The Morgan fingerprint density at radius 2 is 1.81 bits per heavy atom. The Morgan fingerprint density at radius 3 is 2.38 bits per heavy atom. The third-order valence-corrected chi connectivity index (χ3v) is 6.20. The summed E-state index contributed by atoms with van der Waals surface area (Å²) in [6.07, 6.45) is 0. The van der Waals surface area contributed by atoms with Crippen LogP contribution >= 0.6 is 22.9 Å². The molecule has 10 heteroatoms. The van der Waals surface area contributed by atoms with E-state index in [1.54, 1.807) is 19.1 Å². The zero-order valence-corrected chi connectivity index (χ0v) is 20.1. The summed E-state index contributed by atoms with van der Waals surface area (Å²) in [7, 11) is 1.49. The number of methoxy groups -OCH3 is 1. The lowest BCUT2D eigenvalue weighted by atomic mass is 9.96. The largest absolute Gasteiger partial charge is 0.460 e. The van der Waals surface area contributed by atoms with E-state index in [4.69, 9.17) is 26.8 Å². The maximum absolute atomic E-state index is 12.7. The fraction of sp³-hybridized carbons (Fsp3) is 0.409. The summed E-state index contributed by atoms with van der Waals surface area (Å²) in [4.78, 5) is 37.2. The van der Waals surface area contributed by atoms with Gasteiger partial charge in [-0.15, -0.1) is 11.3 Å². The molecule has 0 saturated carbocycles. The van der Waals surface area contributed by atoms with Gasteiger partial charge in [-0.1, -0.05) is 37.6 Å². The van der Waals surface area contributed by atoms with Crippen molar-refractivity contribution in [1.29, 1.82) is 0 Å². The number of rotatable bonds is 11. The fourth-order valence-electron chi connectivity index (χ4n) is 3.15. The number of nitrogens with two attached hydrogens (primary N) is 1. The number of thiophene rings is 1. The number of primary amides is 1. The van der Waals surface area contributed by atoms with Crippen LogP contribution in [0.15, 0.2) is 24.3 Å². The number of hydrogen-bond acceptors (Lipinski definition) is 7. The molecule has 1 aromatic heterocycles. The molecule has 0 aliphatic carbocycles. The van der Waals surface area contributed by atoms with Crippen LogP contribution in [0.4, 0.5) is 5.00 Å². The highest BCUT2D eigenvalue weighted by molar-refractivity contribution is 7.18. The predicted octanol–water partition coefficient (Wildman–Crippen LogP) is 3.54. The second-order valence-electron chi connectivity index (χ2n) is 7.46. The van der Waals surface area contributed by atoms with Gasteiger partial charge in [-0.05, 0) is 36.1 Å². The van der Waals surface area contributed by atoms with Crippen molar-refractivity contribution in [3.8, 4) is 0 Å². The van der Waals surface area contributed by atoms with Gasteiger partial charge in [0.05, 0.1) is 23.6 Å². The highest BCUT2D eigenvalue weighted by Crippen LogP contribution is 2.33. The van der Waals surface area contributed by atoms with Gasteiger partial charge in [0.2, 0.25) is 5.91 Å². The number of carbonyl (C=O) groups excluding carboxylic acids is 3. The average Bonchev–Trinajstić information content (AvgIpc) is 3.05. The molecular formula is C22H28ClN3O5S. The Labute approximate surface area is 196 Å². The Bertz CT molecular complexity index is 959. The third-order valence-electron chi connectivity index (χ3n) is 4.73. The molecule has 2 aromatic rings. The van der Waals surface area contributed by atoms with Gasteiger partial charge in [0, 0.05) is 18.2 Å². The molecule has 0 aliphatic heterocycles. The molecule has 2 amide bonds. The van der Waals surface area contributed by atoms with Crippen molar-refractivity contribution >= 4 is 45.7 Å². The van der Waals surface area contributed by atoms with Crippen LogP contribution in [-0.4, -0.2) is 44.7 Å². The number of anilines is 1. The molecule has 0 bridgehead atoms. The molecule has 0 radical (unpaired) electrons. The summed E-state index contributed by atoms with van der Waals surface area (Å²) in [6, 6.07) is 7.34. The monoisotopic (exact) mass is 481 g/mol. The lowest BCUT2D eigenvalue weighted by molar-refractivity contribution is -0.115. The molecule has 1 heterocycles. The van der Waals surface area contributed by atoms with E-state index in [2.05, 4.69) is 10.6 Å². The van der Waals surface area contributed by atoms with Gasteiger partial charge in [0.1, 0.15) is 11.6 Å². The molecule has 1 aromatic carbocycles. The minimum atomic E-state index is -0.681. The first-order valence-corrected chi connectivity index (χ1v) is 11.2. The highest BCUT2D eigenvalue weighted by Gasteiger charge is 2.26. The lowest BCUT2D eigenvalue weighted by Gasteiger charge is -2.23. The zero-order chi connectivity index (χ0) is 23.8. The minimum Gasteiger partial charge on any atom is -0.460 e. The van der Waals surface area contributed by atoms with Crippen LogP contribution in [-0.2, 0) is 14.3 Å². The summed E-state index contributed by atoms with van der Waals surface area (Å²) in [5.74, 6) is -1.50. The predicted molar refractivity (Wildman–Crippen MR) is 125 cm³/mol. The first kappa shape index (κ1) is 25.8. The molecule has 8 nitrogen and oxygen atoms in total. The Balaban J connectivity index is 2.15. The maximum Gasteiger partial charge on any atom is 0.341 e. The molecule has 0 fully saturated rings. The van der Waals surface area contributed by atoms with E-state index in [-0.39, 0.29) is 53.1 Å². The van der Waals surface area contributed by atoms with Crippen LogP contribution < -0.4 is 16.4 Å². The van der Waals surface area contributed by atoms with Crippen LogP contribution in [0.2, 0.25) is 5.02 Å². The Morgan fingerprint density at radius 1 is 1.16 bits per heavy atom. The number of halogens is 1. The summed E-state index contributed by atoms with van der Waals surface area (Å²) in [5, 5.41) is 6.80. The second-order valence-corrected chi connectivity index (χ2v) is 8.91. The van der Waals surface area contributed by atoms with Crippen LogP contribution in [0.1, 0.15) is 51.0 Å². The van der Waals surface area contributed by atoms with E-state index in [0.29, 0.717) is 10.6 Å². The quantitative estimate of drug-likeness (QED) is 0.333. The Kier molecular flexibility index (Phi) is 9.64. The van der Waals surface area contributed by atoms with Crippen LogP contribution in [0.5, 0.6) is 0 Å². The fourth-order valence-corrected chi connectivity index (χ4v) is 4.34. The van der Waals surface area contributed by atoms with Crippen molar-refractivity contribution in [2.45, 2.75) is 26.8 Å². The van der Waals surface area contributed by atoms with Gasteiger partial charge in [0.25, 0.3) is 5.91 Å². The van der Waals surface area contributed by atoms with E-state index >= 15 is 0 Å². The van der Waals surface area contributed by atoms with Crippen molar-refractivity contribution in [3.05, 3.63) is 50.9 Å². The Hall–Kier alpha value is -2.46. The van der Waals surface area contributed by atoms with Crippen molar-refractivity contribution in [3.63, 3.8) is 0 Å². The van der Waals surface area contributed by atoms with Gasteiger partial charge in [-0.2, -0.15) is 0 Å². The van der Waals surface area contributed by atoms with Gasteiger partial charge in [0.15, 0.2) is 0 Å². The topological polar surface area (TPSA) is 120 Å². The van der Waals surface area contributed by atoms with E-state index in [1.165, 1.54) is 7.11 Å². The normalized spacial score (nSPS) is 11.9. The SMILES string of the molecule is COCCOC(=O)c1c(NC(=O)CNC(c2ccc(Cl)cc2)C(C)C)sc(C(N)=O)c1C. The number of esters is 1. The van der Waals surface area contributed by atoms with Gasteiger partial charge in [-0.25, -0.2) is 4.79 Å². The maximum atomic E-state index is 12.7. The molecule has 32 heavy (non-hydrogen) atoms. The molecule has 0 saturated heterocycles. The van der Waals surface area contributed by atoms with Gasteiger partial charge >= 0.3 is 5.97 Å². The van der Waals surface area contributed by atoms with E-state index in [1.807, 2.05) is 26.0 Å². The number of hydrogen-bond donors (Lipinski definition) is 3. The molecule has 2 rings (SSSR count). The first-order valence-electron chi connectivity index (χ1n) is 10.0. The molecule has 4 N–H and O–H groups in total. The van der Waals surface area contributed by atoms with Crippen LogP contribution in [0, 0.1) is 12.8 Å². The molecule has 1 unspecified atom stereocenters. The summed E-state index contributed by atoms with van der Waals surface area (Å²) < 4.78 is 10.1. The highest BCUT2D eigenvalue weighted by atomic mass is 35.5.